The first-order chi connectivity index (χ1) is 10.2. The number of ether oxygens (including phenoxy) is 2. The third-order valence-corrected chi connectivity index (χ3v) is 3.75. The summed E-state index contributed by atoms with van der Waals surface area (Å²) in [6.45, 7) is 2.56. The van der Waals surface area contributed by atoms with Gasteiger partial charge in [-0.3, -0.25) is 4.79 Å². The highest BCUT2D eigenvalue weighted by Crippen LogP contribution is 2.31. The molecular weight excluding hydrogens is 270 g/mol. The number of nitrogens with one attached hydrogen (secondary N) is 1. The Hall–Kier alpha value is -2.01. The van der Waals surface area contributed by atoms with Crippen LogP contribution in [0.5, 0.6) is 5.75 Å². The van der Waals surface area contributed by atoms with E-state index in [0.29, 0.717) is 23.7 Å². The molecule has 1 aromatic carbocycles. The number of fused-ring (bicyclic) bond motifs is 1. The van der Waals surface area contributed by atoms with Crippen molar-refractivity contribution in [3.05, 3.63) is 30.0 Å². The highest BCUT2D eigenvalue weighted by Gasteiger charge is 2.25. The van der Waals surface area contributed by atoms with E-state index >= 15 is 0 Å². The summed E-state index contributed by atoms with van der Waals surface area (Å²) in [6, 6.07) is 7.44. The average Bonchev–Trinajstić information content (AvgIpc) is 3.15. The predicted octanol–water partition coefficient (Wildman–Crippen LogP) is 2.80. The maximum Gasteiger partial charge on any atom is 0.249 e. The van der Waals surface area contributed by atoms with Crippen molar-refractivity contribution < 1.29 is 18.7 Å². The van der Waals surface area contributed by atoms with Gasteiger partial charge in [0.05, 0.1) is 13.2 Å². The van der Waals surface area contributed by atoms with Crippen molar-refractivity contribution in [2.75, 3.05) is 13.7 Å². The summed E-state index contributed by atoms with van der Waals surface area (Å²) in [6.07, 6.45) is 1.40. The number of amides is 1. The van der Waals surface area contributed by atoms with E-state index < -0.39 is 0 Å². The number of rotatable bonds is 4. The number of carbonyl (C=O) groups is 1. The monoisotopic (exact) mass is 289 g/mol. The van der Waals surface area contributed by atoms with E-state index in [1.165, 1.54) is 0 Å². The smallest absolute Gasteiger partial charge is 0.249 e. The molecule has 112 valence electrons. The molecule has 5 nitrogen and oxygen atoms in total. The number of carbonyl (C=O) groups excluding carboxylic acids is 1. The third-order valence-electron chi connectivity index (χ3n) is 3.75. The zero-order valence-corrected chi connectivity index (χ0v) is 12.2. The molecule has 2 unspecified atom stereocenters. The van der Waals surface area contributed by atoms with E-state index in [-0.39, 0.29) is 18.1 Å². The molecule has 2 aromatic rings. The molecule has 0 spiro atoms. The van der Waals surface area contributed by atoms with Gasteiger partial charge in [-0.25, -0.2) is 0 Å². The summed E-state index contributed by atoms with van der Waals surface area (Å²) < 4.78 is 16.5. The predicted molar refractivity (Wildman–Crippen MR) is 78.3 cm³/mol. The summed E-state index contributed by atoms with van der Waals surface area (Å²) in [5.41, 5.74) is 0.702. The van der Waals surface area contributed by atoms with Crippen LogP contribution in [0, 0.1) is 0 Å². The van der Waals surface area contributed by atoms with Crippen molar-refractivity contribution in [3.8, 4) is 5.75 Å². The van der Waals surface area contributed by atoms with E-state index in [2.05, 4.69) is 5.32 Å². The van der Waals surface area contributed by atoms with Gasteiger partial charge in [0.1, 0.15) is 11.9 Å². The zero-order chi connectivity index (χ0) is 14.8. The maximum atomic E-state index is 12.1. The fraction of sp³-hybridized carbons (Fsp3) is 0.438. The van der Waals surface area contributed by atoms with E-state index in [9.17, 15) is 4.79 Å². The Morgan fingerprint density at radius 3 is 3.05 bits per heavy atom. The van der Waals surface area contributed by atoms with Gasteiger partial charge < -0.3 is 19.2 Å². The normalized spacial score (nSPS) is 19.6. The summed E-state index contributed by atoms with van der Waals surface area (Å²) >= 11 is 0. The minimum absolute atomic E-state index is 0.0765. The molecule has 2 heterocycles. The second-order valence-corrected chi connectivity index (χ2v) is 5.26. The van der Waals surface area contributed by atoms with E-state index in [1.807, 2.05) is 31.2 Å². The van der Waals surface area contributed by atoms with Gasteiger partial charge in [0.25, 0.3) is 0 Å². The number of benzene rings is 1. The molecule has 0 saturated carbocycles. The molecule has 1 N–H and O–H groups in total. The van der Waals surface area contributed by atoms with Crippen molar-refractivity contribution in [1.82, 2.24) is 5.32 Å². The number of hydrogen-bond donors (Lipinski definition) is 1. The third kappa shape index (κ3) is 2.74. The molecule has 2 atom stereocenters. The van der Waals surface area contributed by atoms with Gasteiger partial charge in [0.2, 0.25) is 5.91 Å². The van der Waals surface area contributed by atoms with Gasteiger partial charge in [-0.2, -0.15) is 0 Å². The van der Waals surface area contributed by atoms with Crippen LogP contribution >= 0.6 is 0 Å². The van der Waals surface area contributed by atoms with Crippen LogP contribution in [0.15, 0.2) is 28.7 Å². The van der Waals surface area contributed by atoms with Crippen LogP contribution in [0.3, 0.4) is 0 Å². The largest absolute Gasteiger partial charge is 0.493 e. The molecule has 1 saturated heterocycles. The summed E-state index contributed by atoms with van der Waals surface area (Å²) in [7, 11) is 1.61. The van der Waals surface area contributed by atoms with Crippen molar-refractivity contribution in [3.63, 3.8) is 0 Å². The SMILES string of the molecule is COc1cccc2cc(C(C)NC(=O)C3CCCO3)oc12. The number of methoxy groups -OCH3 is 1. The van der Waals surface area contributed by atoms with Gasteiger partial charge in [0.15, 0.2) is 11.3 Å². The molecule has 1 aliphatic rings. The molecule has 1 aromatic heterocycles. The molecule has 0 bridgehead atoms. The molecule has 0 aliphatic carbocycles. The number of furan rings is 1. The lowest BCUT2D eigenvalue weighted by Crippen LogP contribution is -2.35. The van der Waals surface area contributed by atoms with Crippen LogP contribution in [-0.4, -0.2) is 25.7 Å². The van der Waals surface area contributed by atoms with Crippen molar-refractivity contribution in [2.24, 2.45) is 0 Å². The highest BCUT2D eigenvalue weighted by molar-refractivity contribution is 5.84. The van der Waals surface area contributed by atoms with E-state index in [1.54, 1.807) is 7.11 Å². The van der Waals surface area contributed by atoms with Gasteiger partial charge in [-0.1, -0.05) is 12.1 Å². The molecule has 0 radical (unpaired) electrons. The van der Waals surface area contributed by atoms with Crippen molar-refractivity contribution in [1.29, 1.82) is 0 Å². The first-order valence-corrected chi connectivity index (χ1v) is 7.17. The standard InChI is InChI=1S/C16H19NO4/c1-10(17-16(18)13-7-4-8-20-13)14-9-11-5-3-6-12(19-2)15(11)21-14/h3,5-6,9-10,13H,4,7-8H2,1-2H3,(H,17,18). The van der Waals surface area contributed by atoms with Gasteiger partial charge in [-0.05, 0) is 31.9 Å². The quantitative estimate of drug-likeness (QED) is 0.940. The molecular formula is C16H19NO4. The maximum absolute atomic E-state index is 12.1. The Labute approximate surface area is 123 Å². The van der Waals surface area contributed by atoms with Crippen molar-refractivity contribution >= 4 is 16.9 Å². The first kappa shape index (κ1) is 13.9. The topological polar surface area (TPSA) is 60.7 Å². The number of para-hydroxylation sites is 1. The molecule has 21 heavy (non-hydrogen) atoms. The summed E-state index contributed by atoms with van der Waals surface area (Å²) in [5, 5.41) is 3.90. The molecule has 3 rings (SSSR count). The van der Waals surface area contributed by atoms with Crippen LogP contribution in [0.25, 0.3) is 11.0 Å². The molecule has 5 heteroatoms. The zero-order valence-electron chi connectivity index (χ0n) is 12.2. The van der Waals surface area contributed by atoms with Gasteiger partial charge in [-0.15, -0.1) is 0 Å². The van der Waals surface area contributed by atoms with E-state index in [4.69, 9.17) is 13.9 Å². The Kier molecular flexibility index (Phi) is 3.84. The molecule has 1 fully saturated rings. The Morgan fingerprint density at radius 2 is 2.33 bits per heavy atom. The lowest BCUT2D eigenvalue weighted by Gasteiger charge is -2.14. The minimum Gasteiger partial charge on any atom is -0.493 e. The second kappa shape index (κ2) is 5.77. The highest BCUT2D eigenvalue weighted by atomic mass is 16.5. The Bertz CT molecular complexity index is 643. The summed E-state index contributed by atoms with van der Waals surface area (Å²) in [4.78, 5) is 12.1. The van der Waals surface area contributed by atoms with Crippen LogP contribution in [0.4, 0.5) is 0 Å². The molecule has 1 amide bonds. The van der Waals surface area contributed by atoms with Crippen LogP contribution in [-0.2, 0) is 9.53 Å². The Balaban J connectivity index is 1.78. The fourth-order valence-electron chi connectivity index (χ4n) is 2.59. The fourth-order valence-corrected chi connectivity index (χ4v) is 2.59. The second-order valence-electron chi connectivity index (χ2n) is 5.26. The van der Waals surface area contributed by atoms with Gasteiger partial charge >= 0.3 is 0 Å². The average molecular weight is 289 g/mol. The summed E-state index contributed by atoms with van der Waals surface area (Å²) in [5.74, 6) is 1.32. The minimum atomic E-state index is -0.327. The van der Waals surface area contributed by atoms with Gasteiger partial charge in [0, 0.05) is 12.0 Å². The first-order valence-electron chi connectivity index (χ1n) is 7.17. The van der Waals surface area contributed by atoms with Crippen LogP contribution < -0.4 is 10.1 Å². The Morgan fingerprint density at radius 1 is 1.48 bits per heavy atom. The lowest BCUT2D eigenvalue weighted by atomic mass is 10.2. The van der Waals surface area contributed by atoms with Crippen LogP contribution in [0.2, 0.25) is 0 Å². The van der Waals surface area contributed by atoms with E-state index in [0.717, 1.165) is 18.2 Å². The van der Waals surface area contributed by atoms with Crippen LogP contribution in [0.1, 0.15) is 31.6 Å². The number of hydrogen-bond acceptors (Lipinski definition) is 4. The van der Waals surface area contributed by atoms with Crippen molar-refractivity contribution in [2.45, 2.75) is 31.9 Å². The lowest BCUT2D eigenvalue weighted by molar-refractivity contribution is -0.130. The molecule has 1 aliphatic heterocycles.